The van der Waals surface area contributed by atoms with Crippen molar-refractivity contribution >= 4 is 23.5 Å². The van der Waals surface area contributed by atoms with Gasteiger partial charge in [0.15, 0.2) is 0 Å². The number of ether oxygens (including phenoxy) is 2. The molecular weight excluding hydrogens is 348 g/mol. The fourth-order valence-corrected chi connectivity index (χ4v) is 2.33. The topological polar surface area (TPSA) is 93.7 Å². The summed E-state index contributed by atoms with van der Waals surface area (Å²) in [6, 6.07) is 11.5. The van der Waals surface area contributed by atoms with E-state index in [2.05, 4.69) is 15.4 Å². The van der Waals surface area contributed by atoms with Crippen molar-refractivity contribution < 1.29 is 23.9 Å². The van der Waals surface area contributed by atoms with Gasteiger partial charge in [0.25, 0.3) is 5.91 Å². The first-order valence-corrected chi connectivity index (χ1v) is 8.44. The van der Waals surface area contributed by atoms with Crippen LogP contribution in [-0.2, 0) is 9.53 Å². The fraction of sp³-hybridized carbons (Fsp3) is 0.250. The molecule has 0 aliphatic rings. The molecule has 0 saturated carbocycles. The monoisotopic (exact) mass is 370 g/mol. The van der Waals surface area contributed by atoms with E-state index in [9.17, 15) is 14.4 Å². The molecule has 0 spiro atoms. The highest BCUT2D eigenvalue weighted by Gasteiger charge is 2.12. The van der Waals surface area contributed by atoms with Gasteiger partial charge in [-0.3, -0.25) is 9.59 Å². The predicted octanol–water partition coefficient (Wildman–Crippen LogP) is 2.55. The molecule has 0 unspecified atom stereocenters. The summed E-state index contributed by atoms with van der Waals surface area (Å²) in [5.74, 6) is -0.588. The molecule has 2 aromatic rings. The van der Waals surface area contributed by atoms with Crippen LogP contribution in [0.2, 0.25) is 0 Å². The van der Waals surface area contributed by atoms with Gasteiger partial charge < -0.3 is 20.1 Å². The first-order valence-electron chi connectivity index (χ1n) is 8.44. The van der Waals surface area contributed by atoms with Crippen LogP contribution in [0.3, 0.4) is 0 Å². The van der Waals surface area contributed by atoms with Crippen LogP contribution in [0.5, 0.6) is 5.75 Å². The van der Waals surface area contributed by atoms with E-state index in [-0.39, 0.29) is 12.5 Å². The van der Waals surface area contributed by atoms with Gasteiger partial charge in [0.1, 0.15) is 5.75 Å². The number of esters is 1. The second-order valence-electron chi connectivity index (χ2n) is 5.71. The van der Waals surface area contributed by atoms with Gasteiger partial charge in [-0.15, -0.1) is 0 Å². The number of rotatable bonds is 7. The largest absolute Gasteiger partial charge is 0.494 e. The Hall–Kier alpha value is -3.35. The summed E-state index contributed by atoms with van der Waals surface area (Å²) < 4.78 is 9.99. The van der Waals surface area contributed by atoms with Crippen LogP contribution in [0.25, 0.3) is 0 Å². The third-order valence-electron chi connectivity index (χ3n) is 3.77. The molecule has 0 atom stereocenters. The predicted molar refractivity (Wildman–Crippen MR) is 101 cm³/mol. The Morgan fingerprint density at radius 1 is 1.00 bits per heavy atom. The highest BCUT2D eigenvalue weighted by molar-refractivity contribution is 6.00. The first kappa shape index (κ1) is 20.0. The van der Waals surface area contributed by atoms with Crippen molar-refractivity contribution in [2.75, 3.05) is 25.6 Å². The summed E-state index contributed by atoms with van der Waals surface area (Å²) in [4.78, 5) is 35.9. The lowest BCUT2D eigenvalue weighted by Gasteiger charge is -2.11. The zero-order valence-electron chi connectivity index (χ0n) is 15.5. The van der Waals surface area contributed by atoms with E-state index in [0.717, 1.165) is 5.56 Å². The second-order valence-corrected chi connectivity index (χ2v) is 5.71. The fourth-order valence-electron chi connectivity index (χ4n) is 2.33. The summed E-state index contributed by atoms with van der Waals surface area (Å²) >= 11 is 0. The van der Waals surface area contributed by atoms with Crippen molar-refractivity contribution in [3.63, 3.8) is 0 Å². The van der Waals surface area contributed by atoms with Gasteiger partial charge in [0, 0.05) is 11.3 Å². The number of carbonyl (C=O) groups is 3. The maximum Gasteiger partial charge on any atom is 0.337 e. The maximum atomic E-state index is 12.1. The quantitative estimate of drug-likeness (QED) is 0.731. The minimum atomic E-state index is -0.491. The summed E-state index contributed by atoms with van der Waals surface area (Å²) in [5, 5.41) is 5.24. The molecule has 2 rings (SSSR count). The van der Waals surface area contributed by atoms with Crippen LogP contribution < -0.4 is 15.4 Å². The molecule has 2 aromatic carbocycles. The second kappa shape index (κ2) is 9.38. The number of hydrogen-bond acceptors (Lipinski definition) is 5. The summed E-state index contributed by atoms with van der Waals surface area (Å²) in [6.45, 7) is 4.02. The number of methoxy groups -OCH3 is 1. The van der Waals surface area contributed by atoms with Crippen LogP contribution >= 0.6 is 0 Å². The van der Waals surface area contributed by atoms with Crippen molar-refractivity contribution in [1.82, 2.24) is 5.32 Å². The number of benzene rings is 2. The van der Waals surface area contributed by atoms with Gasteiger partial charge in [-0.2, -0.15) is 0 Å². The smallest absolute Gasteiger partial charge is 0.337 e. The zero-order chi connectivity index (χ0) is 19.8. The van der Waals surface area contributed by atoms with E-state index in [0.29, 0.717) is 29.2 Å². The van der Waals surface area contributed by atoms with E-state index in [4.69, 9.17) is 4.74 Å². The molecule has 7 nitrogen and oxygen atoms in total. The SMILES string of the molecule is CCOc1ccc(C(=O)NCC(=O)Nc2cc(C(=O)OC)ccc2C)cc1. The molecule has 7 heteroatoms. The third-order valence-corrected chi connectivity index (χ3v) is 3.77. The third kappa shape index (κ3) is 5.57. The van der Waals surface area contributed by atoms with Crippen molar-refractivity contribution in [2.45, 2.75) is 13.8 Å². The number of amides is 2. The van der Waals surface area contributed by atoms with Crippen LogP contribution in [0, 0.1) is 6.92 Å². The van der Waals surface area contributed by atoms with Gasteiger partial charge in [0.2, 0.25) is 5.91 Å². The summed E-state index contributed by atoms with van der Waals surface area (Å²) in [5.41, 5.74) is 2.03. The van der Waals surface area contributed by atoms with Crippen LogP contribution in [-0.4, -0.2) is 38.0 Å². The van der Waals surface area contributed by atoms with E-state index in [1.165, 1.54) is 13.2 Å². The standard InChI is InChI=1S/C20H22N2O5/c1-4-27-16-9-7-14(8-10-16)19(24)21-12-18(23)22-17-11-15(20(25)26-3)6-5-13(17)2/h5-11H,4,12H2,1-3H3,(H,21,24)(H,22,23). The van der Waals surface area contributed by atoms with E-state index >= 15 is 0 Å². The highest BCUT2D eigenvalue weighted by Crippen LogP contribution is 2.17. The van der Waals surface area contributed by atoms with Crippen LogP contribution in [0.1, 0.15) is 33.2 Å². The normalized spacial score (nSPS) is 10.0. The molecule has 0 bridgehead atoms. The lowest BCUT2D eigenvalue weighted by molar-refractivity contribution is -0.115. The maximum absolute atomic E-state index is 12.1. The first-order chi connectivity index (χ1) is 12.9. The average molecular weight is 370 g/mol. The van der Waals surface area contributed by atoms with Crippen molar-refractivity contribution in [3.8, 4) is 5.75 Å². The lowest BCUT2D eigenvalue weighted by Crippen LogP contribution is -2.33. The molecule has 27 heavy (non-hydrogen) atoms. The Morgan fingerprint density at radius 3 is 2.30 bits per heavy atom. The van der Waals surface area contributed by atoms with E-state index in [1.807, 2.05) is 6.92 Å². The van der Waals surface area contributed by atoms with E-state index < -0.39 is 11.9 Å². The van der Waals surface area contributed by atoms with Gasteiger partial charge in [-0.1, -0.05) is 6.07 Å². The molecule has 142 valence electrons. The molecule has 2 amide bonds. The number of nitrogens with one attached hydrogen (secondary N) is 2. The van der Waals surface area contributed by atoms with Crippen molar-refractivity contribution in [2.24, 2.45) is 0 Å². The number of anilines is 1. The Labute approximate surface area is 157 Å². The van der Waals surface area contributed by atoms with Gasteiger partial charge in [-0.05, 0) is 55.8 Å². The number of carbonyl (C=O) groups excluding carboxylic acids is 3. The molecule has 0 heterocycles. The Balaban J connectivity index is 1.94. The molecule has 0 aliphatic carbocycles. The van der Waals surface area contributed by atoms with Crippen molar-refractivity contribution in [3.05, 3.63) is 59.2 Å². The average Bonchev–Trinajstić information content (AvgIpc) is 2.68. The van der Waals surface area contributed by atoms with Crippen molar-refractivity contribution in [1.29, 1.82) is 0 Å². The molecule has 0 fully saturated rings. The number of aryl methyl sites for hydroxylation is 1. The lowest BCUT2D eigenvalue weighted by atomic mass is 10.1. The summed E-state index contributed by atoms with van der Waals surface area (Å²) in [6.07, 6.45) is 0. The minimum Gasteiger partial charge on any atom is -0.494 e. The molecule has 0 saturated heterocycles. The summed E-state index contributed by atoms with van der Waals surface area (Å²) in [7, 11) is 1.29. The van der Waals surface area contributed by atoms with E-state index in [1.54, 1.807) is 43.3 Å². The van der Waals surface area contributed by atoms with Gasteiger partial charge in [0.05, 0.1) is 25.8 Å². The molecule has 0 aromatic heterocycles. The Kier molecular flexibility index (Phi) is 6.93. The molecule has 0 radical (unpaired) electrons. The molecule has 0 aliphatic heterocycles. The highest BCUT2D eigenvalue weighted by atomic mass is 16.5. The zero-order valence-corrected chi connectivity index (χ0v) is 15.5. The Bertz CT molecular complexity index is 831. The van der Waals surface area contributed by atoms with Gasteiger partial charge in [-0.25, -0.2) is 4.79 Å². The number of hydrogen-bond donors (Lipinski definition) is 2. The molecule has 2 N–H and O–H groups in total. The molecular formula is C20H22N2O5. The van der Waals surface area contributed by atoms with Crippen LogP contribution in [0.15, 0.2) is 42.5 Å². The van der Waals surface area contributed by atoms with Gasteiger partial charge >= 0.3 is 5.97 Å². The minimum absolute atomic E-state index is 0.200. The Morgan fingerprint density at radius 2 is 1.67 bits per heavy atom. The van der Waals surface area contributed by atoms with Crippen LogP contribution in [0.4, 0.5) is 5.69 Å².